The van der Waals surface area contributed by atoms with Crippen LogP contribution in [0.25, 0.3) is 0 Å². The highest BCUT2D eigenvalue weighted by atomic mass is 28.3. The topological polar surface area (TPSA) is 46.5 Å². The standard InChI is InChI=1S/C24H32O3Si/c1-3-27-23(25)19-24(26,20-13-7-4-8-14-20)28(2,21-15-9-5-10-16-21)22-17-11-6-12-18-22/h5-6,9-12,15-18,20,26H,3-4,7-8,13-14,19H2,1-2H3. The second-order valence-electron chi connectivity index (χ2n) is 8.10. The molecule has 0 aromatic heterocycles. The first kappa shape index (κ1) is 20.8. The molecule has 3 nitrogen and oxygen atoms in total. The molecule has 0 bridgehead atoms. The molecule has 1 aliphatic rings. The number of benzene rings is 2. The fourth-order valence-electron chi connectivity index (χ4n) is 4.95. The molecule has 1 N–H and O–H groups in total. The van der Waals surface area contributed by atoms with Crippen LogP contribution in [0.1, 0.15) is 45.4 Å². The molecule has 0 radical (unpaired) electrons. The van der Waals surface area contributed by atoms with E-state index in [1.807, 2.05) is 43.3 Å². The molecule has 0 saturated heterocycles. The van der Waals surface area contributed by atoms with E-state index < -0.39 is 13.3 Å². The van der Waals surface area contributed by atoms with Gasteiger partial charge >= 0.3 is 5.97 Å². The molecule has 2 aromatic rings. The third kappa shape index (κ3) is 3.94. The molecule has 1 fully saturated rings. The zero-order valence-corrected chi connectivity index (χ0v) is 18.1. The molecule has 0 amide bonds. The molecule has 3 rings (SSSR count). The van der Waals surface area contributed by atoms with Gasteiger partial charge in [0.2, 0.25) is 0 Å². The van der Waals surface area contributed by atoms with Crippen molar-refractivity contribution in [1.82, 2.24) is 0 Å². The zero-order chi connectivity index (χ0) is 20.0. The Morgan fingerprint density at radius 1 is 1.00 bits per heavy atom. The van der Waals surface area contributed by atoms with Crippen LogP contribution in [0.2, 0.25) is 6.55 Å². The summed E-state index contributed by atoms with van der Waals surface area (Å²) in [5, 5.41) is 13.7. The highest BCUT2D eigenvalue weighted by molar-refractivity contribution is 7.03. The predicted molar refractivity (Wildman–Crippen MR) is 117 cm³/mol. The summed E-state index contributed by atoms with van der Waals surface area (Å²) in [6, 6.07) is 20.7. The smallest absolute Gasteiger partial charge is 0.308 e. The predicted octanol–water partition coefficient (Wildman–Crippen LogP) is 3.68. The first-order valence-corrected chi connectivity index (χ1v) is 13.0. The van der Waals surface area contributed by atoms with Gasteiger partial charge in [-0.2, -0.15) is 0 Å². The number of rotatable bonds is 7. The monoisotopic (exact) mass is 396 g/mol. The molecule has 0 aliphatic heterocycles. The molecule has 150 valence electrons. The van der Waals surface area contributed by atoms with Crippen LogP contribution >= 0.6 is 0 Å². The van der Waals surface area contributed by atoms with Crippen molar-refractivity contribution in [2.45, 2.75) is 57.2 Å². The Morgan fingerprint density at radius 3 is 1.96 bits per heavy atom. The summed E-state index contributed by atoms with van der Waals surface area (Å²) in [7, 11) is -2.68. The molecular formula is C24H32O3Si. The van der Waals surface area contributed by atoms with Crippen molar-refractivity contribution in [1.29, 1.82) is 0 Å². The van der Waals surface area contributed by atoms with Crippen LogP contribution in [0, 0.1) is 5.92 Å². The summed E-state index contributed by atoms with van der Waals surface area (Å²) in [6.07, 6.45) is 5.45. The SMILES string of the molecule is CCOC(=O)CC(O)(C1CCCCC1)[Si](C)(c1ccccc1)c1ccccc1. The molecule has 1 atom stereocenters. The van der Waals surface area contributed by atoms with E-state index in [0.29, 0.717) is 6.61 Å². The van der Waals surface area contributed by atoms with Gasteiger partial charge in [-0.15, -0.1) is 0 Å². The average molecular weight is 397 g/mol. The van der Waals surface area contributed by atoms with Crippen LogP contribution in [0.15, 0.2) is 60.7 Å². The Bertz CT molecular complexity index is 716. The van der Waals surface area contributed by atoms with Crippen molar-refractivity contribution < 1.29 is 14.6 Å². The number of hydrogen-bond acceptors (Lipinski definition) is 3. The van der Waals surface area contributed by atoms with Crippen molar-refractivity contribution in [2.24, 2.45) is 5.92 Å². The minimum absolute atomic E-state index is 0.0675. The maximum Gasteiger partial charge on any atom is 0.308 e. The molecular weight excluding hydrogens is 364 g/mol. The van der Waals surface area contributed by atoms with E-state index in [1.54, 1.807) is 0 Å². The Labute approximate surface area is 169 Å². The maximum atomic E-state index is 12.7. The molecule has 4 heteroatoms. The molecule has 1 unspecified atom stereocenters. The molecule has 0 spiro atoms. The van der Waals surface area contributed by atoms with Crippen molar-refractivity contribution in [2.75, 3.05) is 6.61 Å². The van der Waals surface area contributed by atoms with Crippen molar-refractivity contribution in [3.8, 4) is 0 Å². The quantitative estimate of drug-likeness (QED) is 0.574. The van der Waals surface area contributed by atoms with Gasteiger partial charge < -0.3 is 9.84 Å². The van der Waals surface area contributed by atoms with Crippen molar-refractivity contribution in [3.05, 3.63) is 60.7 Å². The second kappa shape index (κ2) is 9.06. The summed E-state index contributed by atoms with van der Waals surface area (Å²) < 4.78 is 5.32. The Morgan fingerprint density at radius 2 is 1.50 bits per heavy atom. The van der Waals surface area contributed by atoms with Gasteiger partial charge in [0.25, 0.3) is 0 Å². The van der Waals surface area contributed by atoms with Crippen LogP contribution in [0.4, 0.5) is 0 Å². The normalized spacial score (nSPS) is 17.7. The fourth-order valence-corrected chi connectivity index (χ4v) is 9.61. The first-order valence-electron chi connectivity index (χ1n) is 10.5. The van der Waals surface area contributed by atoms with Gasteiger partial charge in [-0.3, -0.25) is 4.79 Å². The van der Waals surface area contributed by atoms with E-state index >= 15 is 0 Å². The first-order chi connectivity index (χ1) is 13.5. The van der Waals surface area contributed by atoms with Crippen molar-refractivity contribution >= 4 is 24.4 Å². The third-order valence-corrected chi connectivity index (χ3v) is 11.9. The Kier molecular flexibility index (Phi) is 6.73. The highest BCUT2D eigenvalue weighted by Crippen LogP contribution is 2.40. The zero-order valence-electron chi connectivity index (χ0n) is 17.1. The van der Waals surface area contributed by atoms with E-state index in [4.69, 9.17) is 4.74 Å². The van der Waals surface area contributed by atoms with Crippen LogP contribution in [-0.2, 0) is 9.53 Å². The lowest BCUT2D eigenvalue weighted by molar-refractivity contribution is -0.148. The summed E-state index contributed by atoms with van der Waals surface area (Å²) >= 11 is 0. The third-order valence-electron chi connectivity index (χ3n) is 6.57. The number of aliphatic hydroxyl groups is 1. The lowest BCUT2D eigenvalue weighted by Gasteiger charge is -2.49. The summed E-state index contributed by atoms with van der Waals surface area (Å²) in [4.78, 5) is 12.7. The molecule has 28 heavy (non-hydrogen) atoms. The summed E-state index contributed by atoms with van der Waals surface area (Å²) in [6.45, 7) is 4.39. The number of carbonyl (C=O) groups excluding carboxylic acids is 1. The maximum absolute atomic E-state index is 12.7. The number of esters is 1. The van der Waals surface area contributed by atoms with Crippen LogP contribution in [0.5, 0.6) is 0 Å². The van der Waals surface area contributed by atoms with E-state index in [9.17, 15) is 9.90 Å². The van der Waals surface area contributed by atoms with Gasteiger partial charge in [-0.05, 0) is 25.7 Å². The van der Waals surface area contributed by atoms with Crippen LogP contribution in [-0.4, -0.2) is 31.0 Å². The van der Waals surface area contributed by atoms with Crippen LogP contribution < -0.4 is 10.4 Å². The molecule has 1 saturated carbocycles. The lowest BCUT2D eigenvalue weighted by Crippen LogP contribution is -2.74. The van der Waals surface area contributed by atoms with Gasteiger partial charge in [0.15, 0.2) is 0 Å². The second-order valence-corrected chi connectivity index (χ2v) is 12.4. The molecule has 2 aromatic carbocycles. The summed E-state index contributed by atoms with van der Waals surface area (Å²) in [5.41, 5.74) is 0. The van der Waals surface area contributed by atoms with E-state index in [-0.39, 0.29) is 18.3 Å². The van der Waals surface area contributed by atoms with E-state index in [2.05, 4.69) is 30.8 Å². The van der Waals surface area contributed by atoms with Gasteiger partial charge in [0.05, 0.1) is 18.3 Å². The average Bonchev–Trinajstić information content (AvgIpc) is 2.75. The minimum Gasteiger partial charge on any atom is -0.466 e. The number of carbonyl (C=O) groups is 1. The van der Waals surface area contributed by atoms with Gasteiger partial charge in [-0.1, -0.05) is 96.8 Å². The Hall–Kier alpha value is -1.91. The van der Waals surface area contributed by atoms with Crippen LogP contribution in [0.3, 0.4) is 0 Å². The van der Waals surface area contributed by atoms with Gasteiger partial charge in [-0.25, -0.2) is 0 Å². The van der Waals surface area contributed by atoms with E-state index in [0.717, 1.165) is 25.7 Å². The van der Waals surface area contributed by atoms with Gasteiger partial charge in [0, 0.05) is 0 Å². The van der Waals surface area contributed by atoms with E-state index in [1.165, 1.54) is 16.8 Å². The van der Waals surface area contributed by atoms with Gasteiger partial charge in [0.1, 0.15) is 8.07 Å². The lowest BCUT2D eigenvalue weighted by atomic mass is 9.83. The largest absolute Gasteiger partial charge is 0.466 e. The summed E-state index contributed by atoms with van der Waals surface area (Å²) in [5.74, 6) is -0.177. The number of ether oxygens (including phenoxy) is 1. The number of hydrogen-bond donors (Lipinski definition) is 1. The highest BCUT2D eigenvalue weighted by Gasteiger charge is 2.56. The minimum atomic E-state index is -2.68. The van der Waals surface area contributed by atoms with Crippen molar-refractivity contribution in [3.63, 3.8) is 0 Å². The fraction of sp³-hybridized carbons (Fsp3) is 0.458. The molecule has 0 heterocycles. The Balaban J connectivity index is 2.17. The molecule has 1 aliphatic carbocycles.